The van der Waals surface area contributed by atoms with Crippen LogP contribution in [-0.4, -0.2) is 6.61 Å². The molecule has 0 amide bonds. The highest BCUT2D eigenvalue weighted by atomic mass is 16.5. The van der Waals surface area contributed by atoms with Crippen LogP contribution in [0.25, 0.3) is 11.1 Å². The number of unbranched alkanes of at least 4 members (excludes halogenated alkanes) is 5. The first-order chi connectivity index (χ1) is 24.4. The second-order valence-corrected chi connectivity index (χ2v) is 14.6. The smallest absolute Gasteiger partial charge is 0.128 e. The van der Waals surface area contributed by atoms with E-state index < -0.39 is 0 Å². The molecule has 6 aliphatic carbocycles. The Balaban J connectivity index is 1.29. The molecule has 6 aromatic carbocycles. The van der Waals surface area contributed by atoms with Gasteiger partial charge in [0.25, 0.3) is 0 Å². The molecule has 0 heterocycles. The first-order valence-electron chi connectivity index (χ1n) is 18.6. The third-order valence-electron chi connectivity index (χ3n) is 12.0. The lowest BCUT2D eigenvalue weighted by Gasteiger charge is -2.49. The predicted molar refractivity (Wildman–Crippen MR) is 200 cm³/mol. The molecule has 0 aliphatic heterocycles. The van der Waals surface area contributed by atoms with E-state index in [-0.39, 0.29) is 23.7 Å². The van der Waals surface area contributed by atoms with Gasteiger partial charge in [-0.2, -0.15) is 0 Å². The van der Waals surface area contributed by atoms with Gasteiger partial charge in [-0.25, -0.2) is 0 Å². The summed E-state index contributed by atoms with van der Waals surface area (Å²) in [4.78, 5) is 0. The number of rotatable bonds is 9. The lowest BCUT2D eigenvalue weighted by atomic mass is 9.54. The maximum Gasteiger partial charge on any atom is 0.128 e. The van der Waals surface area contributed by atoms with E-state index in [1.165, 1.54) is 116 Å². The Morgan fingerprint density at radius 3 is 1.14 bits per heavy atom. The number of ether oxygens (including phenoxy) is 1. The Hall–Kier alpha value is -4.88. The Bertz CT molecular complexity index is 2000. The van der Waals surface area contributed by atoms with Crippen LogP contribution in [0.5, 0.6) is 5.75 Å². The van der Waals surface area contributed by atoms with Gasteiger partial charge in [-0.15, -0.1) is 0 Å². The molecule has 6 aromatic rings. The fourth-order valence-electron chi connectivity index (χ4n) is 10.2. The minimum atomic E-state index is 0.144. The molecule has 0 atom stereocenters. The molecule has 4 bridgehead atoms. The van der Waals surface area contributed by atoms with Crippen molar-refractivity contribution in [2.45, 2.75) is 69.1 Å². The van der Waals surface area contributed by atoms with Crippen LogP contribution < -0.4 is 4.74 Å². The van der Waals surface area contributed by atoms with Crippen LogP contribution in [0.15, 0.2) is 127 Å². The Morgan fingerprint density at radius 2 is 0.735 bits per heavy atom. The maximum atomic E-state index is 7.37. The highest BCUT2D eigenvalue weighted by Gasteiger charge is 2.51. The molecule has 1 nitrogen and oxygen atoms in total. The summed E-state index contributed by atoms with van der Waals surface area (Å²) in [6.45, 7) is 3.06. The van der Waals surface area contributed by atoms with Crippen LogP contribution in [-0.2, 0) is 0 Å². The van der Waals surface area contributed by atoms with Crippen molar-refractivity contribution < 1.29 is 4.74 Å². The first kappa shape index (κ1) is 29.1. The summed E-state index contributed by atoms with van der Waals surface area (Å²) in [7, 11) is 0. The quantitative estimate of drug-likeness (QED) is 0.144. The van der Waals surface area contributed by atoms with Gasteiger partial charge in [0.05, 0.1) is 6.61 Å². The van der Waals surface area contributed by atoms with Crippen molar-refractivity contribution in [1.82, 2.24) is 0 Å². The maximum absolute atomic E-state index is 7.37. The van der Waals surface area contributed by atoms with Gasteiger partial charge in [0.1, 0.15) is 5.75 Å². The summed E-state index contributed by atoms with van der Waals surface area (Å²) in [6.07, 6.45) is 7.53. The van der Waals surface area contributed by atoms with E-state index in [1.54, 1.807) is 0 Å². The molecule has 6 aliphatic rings. The fourth-order valence-corrected chi connectivity index (χ4v) is 10.2. The SMILES string of the molecule is CCCCCCCCOc1c2c(c(-c3ccccc3)c3c1C1c4ccccc4C3c3ccccc31)C1c3ccccc3C2c2ccccc21. The van der Waals surface area contributed by atoms with E-state index in [1.807, 2.05) is 0 Å². The van der Waals surface area contributed by atoms with E-state index in [0.29, 0.717) is 0 Å². The monoisotopic (exact) mass is 634 g/mol. The minimum Gasteiger partial charge on any atom is -0.493 e. The number of hydrogen-bond donors (Lipinski definition) is 0. The van der Waals surface area contributed by atoms with Gasteiger partial charge in [0.15, 0.2) is 0 Å². The van der Waals surface area contributed by atoms with Gasteiger partial charge < -0.3 is 4.74 Å². The van der Waals surface area contributed by atoms with Crippen LogP contribution in [0.2, 0.25) is 0 Å². The average Bonchev–Trinajstić information content (AvgIpc) is 3.17. The second kappa shape index (κ2) is 11.6. The summed E-state index contributed by atoms with van der Waals surface area (Å²) in [5.41, 5.74) is 20.2. The van der Waals surface area contributed by atoms with Crippen molar-refractivity contribution in [1.29, 1.82) is 0 Å². The zero-order valence-corrected chi connectivity index (χ0v) is 28.3. The zero-order chi connectivity index (χ0) is 32.5. The van der Waals surface area contributed by atoms with Gasteiger partial charge >= 0.3 is 0 Å². The van der Waals surface area contributed by atoms with Crippen LogP contribution in [0.3, 0.4) is 0 Å². The molecular weight excluding hydrogens is 593 g/mol. The third-order valence-corrected chi connectivity index (χ3v) is 12.0. The lowest BCUT2D eigenvalue weighted by molar-refractivity contribution is 0.295. The zero-order valence-electron chi connectivity index (χ0n) is 28.3. The van der Waals surface area contributed by atoms with Gasteiger partial charge in [-0.1, -0.05) is 166 Å². The van der Waals surface area contributed by atoms with Crippen LogP contribution in [0.1, 0.15) is 136 Å². The third kappa shape index (κ3) is 4.18. The Kier molecular flexibility index (Phi) is 6.90. The van der Waals surface area contributed by atoms with Crippen molar-refractivity contribution in [3.8, 4) is 16.9 Å². The summed E-state index contributed by atoms with van der Waals surface area (Å²) < 4.78 is 7.37. The Labute approximate surface area is 290 Å². The highest BCUT2D eigenvalue weighted by molar-refractivity contribution is 5.89. The molecule has 0 unspecified atom stereocenters. The fraction of sp³-hybridized carbons (Fsp3) is 0.250. The van der Waals surface area contributed by atoms with Crippen molar-refractivity contribution in [2.75, 3.05) is 6.61 Å². The van der Waals surface area contributed by atoms with Crippen LogP contribution in [0.4, 0.5) is 0 Å². The van der Waals surface area contributed by atoms with Gasteiger partial charge in [-0.05, 0) is 73.2 Å². The Morgan fingerprint density at radius 1 is 0.388 bits per heavy atom. The molecule has 0 aromatic heterocycles. The summed E-state index contributed by atoms with van der Waals surface area (Å²) in [5, 5.41) is 0. The molecule has 0 fully saturated rings. The molecule has 0 N–H and O–H groups in total. The molecule has 0 saturated heterocycles. The van der Waals surface area contributed by atoms with Gasteiger partial charge in [0.2, 0.25) is 0 Å². The largest absolute Gasteiger partial charge is 0.493 e. The molecule has 1 heteroatoms. The van der Waals surface area contributed by atoms with E-state index in [9.17, 15) is 0 Å². The van der Waals surface area contributed by atoms with Crippen molar-refractivity contribution in [3.63, 3.8) is 0 Å². The topological polar surface area (TPSA) is 9.23 Å². The van der Waals surface area contributed by atoms with Gasteiger partial charge in [0, 0.05) is 34.8 Å². The van der Waals surface area contributed by atoms with Crippen LogP contribution >= 0.6 is 0 Å². The average molecular weight is 635 g/mol. The summed E-state index contributed by atoms with van der Waals surface area (Å²) >= 11 is 0. The van der Waals surface area contributed by atoms with Crippen molar-refractivity contribution in [3.05, 3.63) is 194 Å². The van der Waals surface area contributed by atoms with Gasteiger partial charge in [-0.3, -0.25) is 0 Å². The first-order valence-corrected chi connectivity index (χ1v) is 18.6. The van der Waals surface area contributed by atoms with E-state index in [0.717, 1.165) is 13.0 Å². The molecule has 240 valence electrons. The summed E-state index contributed by atoms with van der Waals surface area (Å²) in [5.74, 6) is 1.79. The molecule has 0 saturated carbocycles. The van der Waals surface area contributed by atoms with Crippen molar-refractivity contribution >= 4 is 0 Å². The second-order valence-electron chi connectivity index (χ2n) is 14.6. The predicted octanol–water partition coefficient (Wildman–Crippen LogP) is 12.1. The van der Waals surface area contributed by atoms with E-state index >= 15 is 0 Å². The number of benzene rings is 6. The van der Waals surface area contributed by atoms with E-state index in [4.69, 9.17) is 4.74 Å². The molecule has 12 rings (SSSR count). The standard InChI is InChI=1S/C48H42O/c1-2-3-4-5-6-18-29-49-48-46-42-35-25-14-10-21-31(35)40(32-22-11-15-26-36(32)42)44(46)39(30-19-8-7-9-20-30)45-41-33-23-12-16-27-37(33)43(47(45)48)38-28-17-13-24-34(38)41/h7-17,19-28,40-43H,2-6,18,29H2,1H3. The molecule has 49 heavy (non-hydrogen) atoms. The van der Waals surface area contributed by atoms with Crippen LogP contribution in [0, 0.1) is 0 Å². The lowest BCUT2D eigenvalue weighted by Crippen LogP contribution is -2.34. The molecule has 0 radical (unpaired) electrons. The molecule has 0 spiro atoms. The normalized spacial score (nSPS) is 19.7. The number of hydrogen-bond acceptors (Lipinski definition) is 1. The highest BCUT2D eigenvalue weighted by Crippen LogP contribution is 2.67. The molecular formula is C48H42O. The van der Waals surface area contributed by atoms with Crippen molar-refractivity contribution in [2.24, 2.45) is 0 Å². The van der Waals surface area contributed by atoms with E-state index in [2.05, 4.69) is 134 Å². The summed E-state index contributed by atoms with van der Waals surface area (Å²) in [6, 6.07) is 48.4. The minimum absolute atomic E-state index is 0.144.